The van der Waals surface area contributed by atoms with Crippen LogP contribution in [0.1, 0.15) is 39.0 Å². The van der Waals surface area contributed by atoms with Gasteiger partial charge in [0.25, 0.3) is 0 Å². The Morgan fingerprint density at radius 2 is 1.92 bits per heavy atom. The molecule has 4 atom stereocenters. The van der Waals surface area contributed by atoms with E-state index in [1.807, 2.05) is 23.5 Å². The molecule has 5 fully saturated rings. The number of hydrogen-bond acceptors (Lipinski definition) is 7. The highest BCUT2D eigenvalue weighted by Crippen LogP contribution is 2.71. The van der Waals surface area contributed by atoms with E-state index in [0.717, 1.165) is 18.6 Å². The van der Waals surface area contributed by atoms with Crippen LogP contribution >= 0.6 is 23.5 Å². The summed E-state index contributed by atoms with van der Waals surface area (Å²) in [6, 6.07) is 0. The monoisotopic (exact) mass is 426 g/mol. The van der Waals surface area contributed by atoms with Crippen molar-refractivity contribution in [1.82, 2.24) is 0 Å². The van der Waals surface area contributed by atoms with Crippen LogP contribution in [0.2, 0.25) is 0 Å². The summed E-state index contributed by atoms with van der Waals surface area (Å²) in [6.45, 7) is 0.679. The van der Waals surface area contributed by atoms with E-state index in [-0.39, 0.29) is 15.9 Å². The fourth-order valence-corrected chi connectivity index (χ4v) is 9.78. The van der Waals surface area contributed by atoms with Gasteiger partial charge in [-0.05, 0) is 56.8 Å². The number of esters is 1. The van der Waals surface area contributed by atoms with Gasteiger partial charge < -0.3 is 9.84 Å². The summed E-state index contributed by atoms with van der Waals surface area (Å²) in [5, 5.41) is 6.27. The summed E-state index contributed by atoms with van der Waals surface area (Å²) in [7, 11) is -5.20. The van der Waals surface area contributed by atoms with Crippen LogP contribution in [-0.2, 0) is 19.6 Å². The number of aliphatic hydroxyl groups excluding tert-OH is 1. The number of halogens is 1. The Balaban J connectivity index is 1.57. The number of carbonyl (C=O) groups is 1. The highest BCUT2D eigenvalue weighted by molar-refractivity contribution is 8.21. The maximum absolute atomic E-state index is 14.3. The Morgan fingerprint density at radius 3 is 2.42 bits per heavy atom. The highest BCUT2D eigenvalue weighted by atomic mass is 32.2. The van der Waals surface area contributed by atoms with Crippen LogP contribution < -0.4 is 0 Å². The summed E-state index contributed by atoms with van der Waals surface area (Å²) in [4.78, 5) is 12.2. The fraction of sp³-hybridized carbons (Fsp3) is 0.938. The molecule has 10 heteroatoms. The third-order valence-corrected chi connectivity index (χ3v) is 11.8. The molecule has 26 heavy (non-hydrogen) atoms. The molecule has 4 aliphatic carbocycles. The van der Waals surface area contributed by atoms with E-state index in [1.54, 1.807) is 0 Å². The van der Waals surface area contributed by atoms with Gasteiger partial charge in [0.2, 0.25) is 0 Å². The average molecular weight is 427 g/mol. The predicted molar refractivity (Wildman–Crippen MR) is 97.1 cm³/mol. The molecule has 1 saturated heterocycles. The largest absolute Gasteiger partial charge is 0.456 e. The first kappa shape index (κ1) is 19.3. The molecular formula is C16H23FO6S3. The van der Waals surface area contributed by atoms with Gasteiger partial charge in [-0.15, -0.1) is 23.5 Å². The van der Waals surface area contributed by atoms with E-state index < -0.39 is 26.7 Å². The predicted octanol–water partition coefficient (Wildman–Crippen LogP) is 2.22. The smallest absolute Gasteiger partial charge is 0.362 e. The summed E-state index contributed by atoms with van der Waals surface area (Å²) >= 11 is 3.73. The van der Waals surface area contributed by atoms with Crippen LogP contribution in [0, 0.1) is 17.8 Å². The van der Waals surface area contributed by atoms with Gasteiger partial charge in [0.05, 0.1) is 10.7 Å². The van der Waals surface area contributed by atoms with E-state index in [9.17, 15) is 22.7 Å². The third kappa shape index (κ3) is 2.74. The Labute approximate surface area is 160 Å². The standard InChI is InChI=1S/C16H23FO6S3/c1-14(17,26(20,21)22)13(19)23-15-4-9-2-10(5-15)16(11(3-9)6-15)24-8-12(7-18)25-16/h9-12,18H,2-8H2,1H3,(H,20,21,22). The lowest BCUT2D eigenvalue weighted by Gasteiger charge is -2.63. The zero-order valence-corrected chi connectivity index (χ0v) is 16.8. The summed E-state index contributed by atoms with van der Waals surface area (Å²) in [6.07, 6.45) is 3.86. The Bertz CT molecular complexity index is 707. The van der Waals surface area contributed by atoms with Gasteiger partial charge in [0.1, 0.15) is 5.60 Å². The molecule has 148 valence electrons. The van der Waals surface area contributed by atoms with E-state index >= 15 is 0 Å². The maximum atomic E-state index is 14.3. The molecule has 0 amide bonds. The van der Waals surface area contributed by atoms with Crippen molar-refractivity contribution in [2.75, 3.05) is 12.4 Å². The fourth-order valence-electron chi connectivity index (χ4n) is 5.44. The van der Waals surface area contributed by atoms with Crippen LogP contribution in [0.3, 0.4) is 0 Å². The van der Waals surface area contributed by atoms with Gasteiger partial charge in [-0.25, -0.2) is 9.18 Å². The van der Waals surface area contributed by atoms with Gasteiger partial charge in [-0.1, -0.05) is 0 Å². The van der Waals surface area contributed by atoms with Crippen LogP contribution in [0.5, 0.6) is 0 Å². The molecule has 2 N–H and O–H groups in total. The minimum Gasteiger partial charge on any atom is -0.456 e. The quantitative estimate of drug-likeness (QED) is 0.521. The zero-order chi connectivity index (χ0) is 19.0. The second-order valence-electron chi connectivity index (χ2n) is 8.26. The number of aliphatic hydroxyl groups is 1. The summed E-state index contributed by atoms with van der Waals surface area (Å²) in [5.74, 6) is 0.360. The van der Waals surface area contributed by atoms with Crippen molar-refractivity contribution in [1.29, 1.82) is 0 Å². The first-order valence-electron chi connectivity index (χ1n) is 8.83. The molecule has 1 spiro atoms. The lowest BCUT2D eigenvalue weighted by atomic mass is 9.53. The second-order valence-corrected chi connectivity index (χ2v) is 13.1. The minimum atomic E-state index is -5.20. The zero-order valence-electron chi connectivity index (χ0n) is 14.4. The molecule has 6 nitrogen and oxygen atoms in total. The minimum absolute atomic E-state index is 0.0162. The molecular weight excluding hydrogens is 403 g/mol. The normalized spacial score (nSPS) is 46.5. The topological polar surface area (TPSA) is 101 Å². The van der Waals surface area contributed by atoms with Gasteiger partial charge in [-0.2, -0.15) is 8.42 Å². The molecule has 4 unspecified atom stereocenters. The van der Waals surface area contributed by atoms with Crippen LogP contribution in [0.4, 0.5) is 4.39 Å². The van der Waals surface area contributed by atoms with Gasteiger partial charge >= 0.3 is 21.1 Å². The van der Waals surface area contributed by atoms with Crippen LogP contribution in [0.15, 0.2) is 0 Å². The molecule has 0 aromatic heterocycles. The van der Waals surface area contributed by atoms with Crippen molar-refractivity contribution in [3.8, 4) is 0 Å². The number of carbonyl (C=O) groups excluding carboxylic acids is 1. The van der Waals surface area contributed by atoms with Crippen molar-refractivity contribution < 1.29 is 32.0 Å². The van der Waals surface area contributed by atoms with Crippen molar-refractivity contribution in [3.63, 3.8) is 0 Å². The highest BCUT2D eigenvalue weighted by Gasteiger charge is 2.66. The molecule has 0 aromatic rings. The summed E-state index contributed by atoms with van der Waals surface area (Å²) < 4.78 is 51.2. The first-order chi connectivity index (χ1) is 12.0. The SMILES string of the molecule is CC(F)(C(=O)OC12CC3CC(C1)C1(SCC(CO)S1)C(C3)C2)S(=O)(=O)O. The Morgan fingerprint density at radius 1 is 1.31 bits per heavy atom. The van der Waals surface area contributed by atoms with Crippen molar-refractivity contribution in [2.45, 2.75) is 59.0 Å². The van der Waals surface area contributed by atoms with Gasteiger partial charge in [-0.3, -0.25) is 4.55 Å². The van der Waals surface area contributed by atoms with Crippen molar-refractivity contribution >= 4 is 39.6 Å². The van der Waals surface area contributed by atoms with Gasteiger partial charge in [0.15, 0.2) is 0 Å². The molecule has 0 radical (unpaired) electrons. The maximum Gasteiger partial charge on any atom is 0.362 e. The molecule has 1 heterocycles. The summed E-state index contributed by atoms with van der Waals surface area (Å²) in [5.41, 5.74) is -0.838. The first-order valence-corrected chi connectivity index (χ1v) is 12.1. The number of thioether (sulfide) groups is 2. The number of alkyl halides is 1. The second kappa shape index (κ2) is 5.98. The van der Waals surface area contributed by atoms with Crippen LogP contribution in [0.25, 0.3) is 0 Å². The van der Waals surface area contributed by atoms with Crippen molar-refractivity contribution in [3.05, 3.63) is 0 Å². The van der Waals surface area contributed by atoms with Gasteiger partial charge in [0, 0.05) is 11.0 Å². The van der Waals surface area contributed by atoms with E-state index in [0.29, 0.717) is 43.9 Å². The Kier molecular flexibility index (Phi) is 4.44. The number of rotatable bonds is 4. The number of ether oxygens (including phenoxy) is 1. The van der Waals surface area contributed by atoms with E-state index in [2.05, 4.69) is 0 Å². The lowest BCUT2D eigenvalue weighted by molar-refractivity contribution is -0.193. The molecule has 1 aliphatic heterocycles. The molecule has 0 aromatic carbocycles. The average Bonchev–Trinajstić information content (AvgIpc) is 2.96. The third-order valence-electron chi connectivity index (χ3n) is 6.48. The van der Waals surface area contributed by atoms with Crippen LogP contribution in [-0.4, -0.2) is 56.3 Å². The van der Waals surface area contributed by atoms with E-state index in [4.69, 9.17) is 9.29 Å². The molecule has 4 saturated carbocycles. The number of hydrogen-bond donors (Lipinski definition) is 2. The molecule has 5 rings (SSSR count). The Hall–Kier alpha value is -0.0300. The molecule has 4 bridgehead atoms. The molecule has 5 aliphatic rings. The van der Waals surface area contributed by atoms with Crippen molar-refractivity contribution in [2.24, 2.45) is 17.8 Å². The van der Waals surface area contributed by atoms with E-state index in [1.165, 1.54) is 0 Å². The lowest BCUT2D eigenvalue weighted by Crippen LogP contribution is -2.62.